The first-order valence-corrected chi connectivity index (χ1v) is 4.36. The Kier molecular flexibility index (Phi) is 2.85. The molecule has 0 aliphatic carbocycles. The third-order valence-electron chi connectivity index (χ3n) is 2.25. The van der Waals surface area contributed by atoms with Crippen molar-refractivity contribution in [3.8, 4) is 0 Å². The van der Waals surface area contributed by atoms with Crippen molar-refractivity contribution in [2.24, 2.45) is 5.41 Å². The summed E-state index contributed by atoms with van der Waals surface area (Å²) in [6, 6.07) is 0. The van der Waals surface area contributed by atoms with Crippen LogP contribution in [-0.2, 0) is 9.22 Å². The molecule has 0 aromatic rings. The van der Waals surface area contributed by atoms with E-state index in [0.29, 0.717) is 10.5 Å². The van der Waals surface area contributed by atoms with Crippen molar-refractivity contribution in [3.63, 3.8) is 0 Å². The second-order valence-electron chi connectivity index (χ2n) is 3.79. The van der Waals surface area contributed by atoms with E-state index in [9.17, 15) is 4.79 Å². The highest BCUT2D eigenvalue weighted by atomic mass is 28.2. The van der Waals surface area contributed by atoms with Gasteiger partial charge in [-0.3, -0.25) is 0 Å². The molecule has 0 saturated heterocycles. The van der Waals surface area contributed by atoms with Crippen LogP contribution in [0, 0.1) is 5.41 Å². The number of rotatable bonds is 2. The van der Waals surface area contributed by atoms with E-state index >= 15 is 0 Å². The number of carboxylic acids is 1. The van der Waals surface area contributed by atoms with Crippen LogP contribution in [0.3, 0.4) is 0 Å². The average Bonchev–Trinajstić information content (AvgIpc) is 1.83. The van der Waals surface area contributed by atoms with Gasteiger partial charge in [-0.05, 0) is 6.92 Å². The number of carbonyl (C=O) groups is 1. The van der Waals surface area contributed by atoms with Gasteiger partial charge in [-0.15, -0.1) is 0 Å². The van der Waals surface area contributed by atoms with Crippen molar-refractivity contribution in [2.75, 3.05) is 0 Å². The van der Waals surface area contributed by atoms with E-state index < -0.39 is 11.6 Å². The van der Waals surface area contributed by atoms with Crippen molar-refractivity contribution < 1.29 is 14.3 Å². The topological polar surface area (TPSA) is 46.5 Å². The van der Waals surface area contributed by atoms with Crippen LogP contribution in [0.1, 0.15) is 27.7 Å². The molecule has 0 heterocycles. The van der Waals surface area contributed by atoms with E-state index in [0.717, 1.165) is 0 Å². The molecule has 66 valence electrons. The van der Waals surface area contributed by atoms with E-state index in [1.165, 1.54) is 0 Å². The van der Waals surface area contributed by atoms with Gasteiger partial charge in [-0.25, -0.2) is 4.79 Å². The van der Waals surface area contributed by atoms with Crippen molar-refractivity contribution in [3.05, 3.63) is 0 Å². The molecule has 0 bridgehead atoms. The zero-order chi connectivity index (χ0) is 9.28. The van der Waals surface area contributed by atoms with E-state index in [-0.39, 0.29) is 5.41 Å². The number of aliphatic carboxylic acids is 1. The maximum atomic E-state index is 10.8. The Morgan fingerprint density at radius 1 is 1.36 bits per heavy atom. The zero-order valence-electron chi connectivity index (χ0n) is 7.76. The Morgan fingerprint density at radius 2 is 1.73 bits per heavy atom. The average molecular weight is 176 g/mol. The molecule has 0 aromatic heterocycles. The smallest absolute Gasteiger partial charge is 0.335 e. The first kappa shape index (κ1) is 10.6. The van der Waals surface area contributed by atoms with Gasteiger partial charge in [-0.2, -0.15) is 0 Å². The maximum Gasteiger partial charge on any atom is 0.335 e. The summed E-state index contributed by atoms with van der Waals surface area (Å²) < 4.78 is 5.10. The molecule has 0 aliphatic rings. The summed E-state index contributed by atoms with van der Waals surface area (Å²) in [7, 11) is 0.445. The number of carboxylic acid groups (broad SMARTS) is 1. The largest absolute Gasteiger partial charge is 0.479 e. The highest BCUT2D eigenvalue weighted by Crippen LogP contribution is 2.32. The van der Waals surface area contributed by atoms with Crippen LogP contribution in [0.2, 0.25) is 0 Å². The van der Waals surface area contributed by atoms with Crippen molar-refractivity contribution in [1.29, 1.82) is 0 Å². The Balaban J connectivity index is 4.75. The standard InChI is InChI=1S/C7H16O3Si/c1-6(2,3)7(4,10-11)5(8)9/h1-4,11H3,(H,8,9). The van der Waals surface area contributed by atoms with E-state index in [1.54, 1.807) is 6.92 Å². The molecule has 0 radical (unpaired) electrons. The van der Waals surface area contributed by atoms with E-state index in [1.807, 2.05) is 20.8 Å². The molecule has 0 amide bonds. The summed E-state index contributed by atoms with van der Waals surface area (Å²) in [5, 5.41) is 8.87. The first-order valence-electron chi connectivity index (χ1n) is 3.54. The number of hydrogen-bond donors (Lipinski definition) is 1. The van der Waals surface area contributed by atoms with Gasteiger partial charge < -0.3 is 9.53 Å². The maximum absolute atomic E-state index is 10.8. The van der Waals surface area contributed by atoms with Gasteiger partial charge >= 0.3 is 5.97 Å². The van der Waals surface area contributed by atoms with Crippen LogP contribution in [0.4, 0.5) is 0 Å². The predicted molar refractivity (Wildman–Crippen MR) is 46.5 cm³/mol. The summed E-state index contributed by atoms with van der Waals surface area (Å²) in [6.45, 7) is 7.19. The van der Waals surface area contributed by atoms with Crippen LogP contribution >= 0.6 is 0 Å². The van der Waals surface area contributed by atoms with E-state index in [2.05, 4.69) is 0 Å². The third-order valence-corrected chi connectivity index (χ3v) is 3.06. The van der Waals surface area contributed by atoms with Crippen LogP contribution in [0.15, 0.2) is 0 Å². The van der Waals surface area contributed by atoms with E-state index in [4.69, 9.17) is 9.53 Å². The molecule has 0 aromatic carbocycles. The third kappa shape index (κ3) is 1.81. The Labute approximate surface area is 70.3 Å². The highest BCUT2D eigenvalue weighted by molar-refractivity contribution is 6.00. The molecule has 0 aliphatic heterocycles. The summed E-state index contributed by atoms with van der Waals surface area (Å²) in [4.78, 5) is 10.8. The SMILES string of the molecule is CC(C)(C)C(C)(O[SiH3])C(=O)O. The molecule has 11 heavy (non-hydrogen) atoms. The second kappa shape index (κ2) is 2.95. The minimum absolute atomic E-state index is 0.361. The molecule has 0 spiro atoms. The Hall–Kier alpha value is -0.353. The lowest BCUT2D eigenvalue weighted by atomic mass is 9.78. The fraction of sp³-hybridized carbons (Fsp3) is 0.857. The van der Waals surface area contributed by atoms with Crippen LogP contribution < -0.4 is 0 Å². The molecule has 1 atom stereocenters. The van der Waals surface area contributed by atoms with Crippen LogP contribution in [0.25, 0.3) is 0 Å². The van der Waals surface area contributed by atoms with Gasteiger partial charge in [0.25, 0.3) is 0 Å². The lowest BCUT2D eigenvalue weighted by Gasteiger charge is -2.37. The molecule has 0 fully saturated rings. The van der Waals surface area contributed by atoms with Gasteiger partial charge in [0, 0.05) is 5.41 Å². The second-order valence-corrected chi connectivity index (χ2v) is 4.20. The Bertz CT molecular complexity index is 162. The zero-order valence-corrected chi connectivity index (χ0v) is 9.76. The minimum atomic E-state index is -1.04. The van der Waals surface area contributed by atoms with Gasteiger partial charge in [-0.1, -0.05) is 20.8 Å². The lowest BCUT2D eigenvalue weighted by Crippen LogP contribution is -2.49. The molecule has 1 unspecified atom stereocenters. The normalized spacial score (nSPS) is 17.8. The lowest BCUT2D eigenvalue weighted by molar-refractivity contribution is -0.163. The molecule has 0 saturated carbocycles. The van der Waals surface area contributed by atoms with Crippen molar-refractivity contribution in [1.82, 2.24) is 0 Å². The summed E-state index contributed by atoms with van der Waals surface area (Å²) >= 11 is 0. The fourth-order valence-electron chi connectivity index (χ4n) is 0.714. The quantitative estimate of drug-likeness (QED) is 0.610. The van der Waals surface area contributed by atoms with Crippen LogP contribution in [0.5, 0.6) is 0 Å². The first-order chi connectivity index (χ1) is 4.75. The van der Waals surface area contributed by atoms with Crippen molar-refractivity contribution >= 4 is 16.5 Å². The molecule has 1 N–H and O–H groups in total. The predicted octanol–water partition coefficient (Wildman–Crippen LogP) is 0.173. The van der Waals surface area contributed by atoms with Crippen molar-refractivity contribution in [2.45, 2.75) is 33.3 Å². The Morgan fingerprint density at radius 3 is 1.73 bits per heavy atom. The monoisotopic (exact) mass is 176 g/mol. The minimum Gasteiger partial charge on any atom is -0.479 e. The summed E-state index contributed by atoms with van der Waals surface area (Å²) in [5.41, 5.74) is -1.40. The highest BCUT2D eigenvalue weighted by Gasteiger charge is 2.44. The van der Waals surface area contributed by atoms with Crippen LogP contribution in [-0.4, -0.2) is 27.2 Å². The summed E-state index contributed by atoms with van der Waals surface area (Å²) in [5.74, 6) is -0.889. The molecular formula is C7H16O3Si. The number of hydrogen-bond acceptors (Lipinski definition) is 2. The van der Waals surface area contributed by atoms with Gasteiger partial charge in [0.2, 0.25) is 0 Å². The fourth-order valence-corrected chi connectivity index (χ4v) is 1.50. The summed E-state index contributed by atoms with van der Waals surface area (Å²) in [6.07, 6.45) is 0. The van der Waals surface area contributed by atoms with Gasteiger partial charge in [0.15, 0.2) is 5.60 Å². The molecule has 0 rings (SSSR count). The molecule has 3 nitrogen and oxygen atoms in total. The van der Waals surface area contributed by atoms with Gasteiger partial charge in [0.1, 0.15) is 10.5 Å². The molecular weight excluding hydrogens is 160 g/mol. The molecule has 4 heteroatoms. The van der Waals surface area contributed by atoms with Gasteiger partial charge in [0.05, 0.1) is 0 Å².